The van der Waals surface area contributed by atoms with E-state index in [1.807, 2.05) is 103 Å². The van der Waals surface area contributed by atoms with Crippen molar-refractivity contribution < 1.29 is 19.4 Å². The van der Waals surface area contributed by atoms with Gasteiger partial charge in [-0.1, -0.05) is 103 Å². The second-order valence-electron chi connectivity index (χ2n) is 9.43. The van der Waals surface area contributed by atoms with Gasteiger partial charge in [0.25, 0.3) is 0 Å². The molecule has 0 bridgehead atoms. The number of pyridine rings is 1. The van der Waals surface area contributed by atoms with Gasteiger partial charge in [0.15, 0.2) is 0 Å². The van der Waals surface area contributed by atoms with Crippen LogP contribution in [0.3, 0.4) is 0 Å². The highest BCUT2D eigenvalue weighted by molar-refractivity contribution is 5.34. The summed E-state index contributed by atoms with van der Waals surface area (Å²) in [6.07, 6.45) is 2.41. The van der Waals surface area contributed by atoms with Gasteiger partial charge in [0.1, 0.15) is 18.2 Å². The first-order valence-electron chi connectivity index (χ1n) is 13.1. The molecule has 0 unspecified atom stereocenters. The summed E-state index contributed by atoms with van der Waals surface area (Å²) in [7, 11) is 0. The van der Waals surface area contributed by atoms with Crippen LogP contribution in [0.4, 0.5) is 0 Å². The number of rotatable bonds is 10. The van der Waals surface area contributed by atoms with Crippen molar-refractivity contribution in [1.82, 2.24) is 10.0 Å². The average molecular weight is 521 g/mol. The first kappa shape index (κ1) is 26.8. The van der Waals surface area contributed by atoms with E-state index in [-0.39, 0.29) is 6.61 Å². The van der Waals surface area contributed by atoms with Crippen LogP contribution in [0.25, 0.3) is 0 Å². The SMILES string of the molecule is ON1[C@H](C#Cc2cccnc2)[C@@H](OCc2ccccc2)[C@H](OCc2ccccc2)[C@@H]1COCc1ccccc1. The maximum absolute atomic E-state index is 11.4. The molecule has 1 fully saturated rings. The van der Waals surface area contributed by atoms with Crippen molar-refractivity contribution in [2.24, 2.45) is 0 Å². The summed E-state index contributed by atoms with van der Waals surface area (Å²) in [5, 5.41) is 12.7. The van der Waals surface area contributed by atoms with E-state index in [1.54, 1.807) is 12.4 Å². The Hall–Kier alpha value is -3.83. The van der Waals surface area contributed by atoms with Crippen molar-refractivity contribution in [3.8, 4) is 11.8 Å². The number of hydrogen-bond donors (Lipinski definition) is 1. The number of ether oxygens (including phenoxy) is 3. The number of aromatic nitrogens is 1. The molecule has 39 heavy (non-hydrogen) atoms. The van der Waals surface area contributed by atoms with Crippen LogP contribution in [-0.2, 0) is 34.0 Å². The van der Waals surface area contributed by atoms with E-state index in [0.717, 1.165) is 22.3 Å². The smallest absolute Gasteiger partial charge is 0.125 e. The number of nitrogens with zero attached hydrogens (tertiary/aromatic N) is 2. The lowest BCUT2D eigenvalue weighted by Gasteiger charge is -2.25. The predicted octanol–water partition coefficient (Wildman–Crippen LogP) is 5.26. The molecule has 1 aliphatic heterocycles. The zero-order chi connectivity index (χ0) is 26.7. The van der Waals surface area contributed by atoms with E-state index in [2.05, 4.69) is 16.8 Å². The molecule has 198 valence electrons. The second kappa shape index (κ2) is 13.8. The summed E-state index contributed by atoms with van der Waals surface area (Å²) < 4.78 is 19.0. The first-order chi connectivity index (χ1) is 19.3. The molecule has 0 amide bonds. The van der Waals surface area contributed by atoms with E-state index in [0.29, 0.717) is 19.8 Å². The molecular formula is C33H32N2O4. The van der Waals surface area contributed by atoms with Crippen molar-refractivity contribution in [2.75, 3.05) is 6.61 Å². The van der Waals surface area contributed by atoms with E-state index in [1.165, 1.54) is 5.06 Å². The van der Waals surface area contributed by atoms with E-state index < -0.39 is 24.3 Å². The Labute approximate surface area is 229 Å². The normalized spacial score (nSPS) is 20.8. The third-order valence-electron chi connectivity index (χ3n) is 6.64. The average Bonchev–Trinajstić information content (AvgIpc) is 3.25. The molecule has 1 aromatic heterocycles. The van der Waals surface area contributed by atoms with Gasteiger partial charge in [-0.2, -0.15) is 5.06 Å². The van der Waals surface area contributed by atoms with Crippen molar-refractivity contribution in [3.63, 3.8) is 0 Å². The Kier molecular flexibility index (Phi) is 9.48. The minimum absolute atomic E-state index is 0.251. The zero-order valence-electron chi connectivity index (χ0n) is 21.7. The summed E-state index contributed by atoms with van der Waals surface area (Å²) in [5.41, 5.74) is 3.90. The first-order valence-corrected chi connectivity index (χ1v) is 13.1. The van der Waals surface area contributed by atoms with E-state index >= 15 is 0 Å². The third-order valence-corrected chi connectivity index (χ3v) is 6.64. The standard InChI is InChI=1S/C33H32N2O4/c36-35-30(19-18-26-17-10-20-34-21-26)32(38-23-28-13-6-2-7-14-28)33(39-24-29-15-8-3-9-16-29)31(35)25-37-22-27-11-4-1-5-12-27/h1-17,20-21,30-33,36H,22-25H2/t30-,31+,32-,33-/m1/s1. The summed E-state index contributed by atoms with van der Waals surface area (Å²) >= 11 is 0. The molecule has 3 aromatic carbocycles. The third kappa shape index (κ3) is 7.39. The molecule has 4 atom stereocenters. The highest BCUT2D eigenvalue weighted by atomic mass is 16.6. The summed E-state index contributed by atoms with van der Waals surface area (Å²) in [4.78, 5) is 4.15. The molecule has 0 radical (unpaired) electrons. The lowest BCUT2D eigenvalue weighted by atomic mass is 10.1. The fourth-order valence-corrected chi connectivity index (χ4v) is 4.62. The van der Waals surface area contributed by atoms with Gasteiger partial charge >= 0.3 is 0 Å². The Bertz CT molecular complexity index is 1330. The second-order valence-corrected chi connectivity index (χ2v) is 9.43. The molecule has 1 saturated heterocycles. The quantitative estimate of drug-likeness (QED) is 0.288. The summed E-state index contributed by atoms with van der Waals surface area (Å²) in [6.45, 7) is 1.43. The molecule has 4 aromatic rings. The van der Waals surface area contributed by atoms with Gasteiger partial charge in [-0.15, -0.1) is 0 Å². The Morgan fingerprint density at radius 3 is 1.82 bits per heavy atom. The van der Waals surface area contributed by atoms with Crippen molar-refractivity contribution >= 4 is 0 Å². The van der Waals surface area contributed by atoms with Gasteiger partial charge in [0.05, 0.1) is 32.5 Å². The van der Waals surface area contributed by atoms with E-state index in [4.69, 9.17) is 14.2 Å². The van der Waals surface area contributed by atoms with Crippen molar-refractivity contribution in [2.45, 2.75) is 44.1 Å². The molecule has 1 aliphatic rings. The molecule has 6 nitrogen and oxygen atoms in total. The molecule has 2 heterocycles. The van der Waals surface area contributed by atoms with Gasteiger partial charge in [-0.25, -0.2) is 0 Å². The van der Waals surface area contributed by atoms with Crippen LogP contribution in [0.1, 0.15) is 22.3 Å². The molecular weight excluding hydrogens is 488 g/mol. The Morgan fingerprint density at radius 2 is 1.26 bits per heavy atom. The van der Waals surface area contributed by atoms with Gasteiger partial charge in [0, 0.05) is 18.0 Å². The Balaban J connectivity index is 1.40. The van der Waals surface area contributed by atoms with Crippen molar-refractivity contribution in [1.29, 1.82) is 0 Å². The molecule has 0 spiro atoms. The topological polar surface area (TPSA) is 64.1 Å². The number of hydrogen-bond acceptors (Lipinski definition) is 6. The molecule has 0 aliphatic carbocycles. The van der Waals surface area contributed by atoms with Crippen LogP contribution < -0.4 is 0 Å². The molecule has 1 N–H and O–H groups in total. The van der Waals surface area contributed by atoms with Crippen molar-refractivity contribution in [3.05, 3.63) is 138 Å². The highest BCUT2D eigenvalue weighted by Gasteiger charge is 2.50. The van der Waals surface area contributed by atoms with Gasteiger partial charge in [-0.3, -0.25) is 4.98 Å². The number of benzene rings is 3. The van der Waals surface area contributed by atoms with E-state index in [9.17, 15) is 5.21 Å². The van der Waals surface area contributed by atoms with Crippen LogP contribution in [0.2, 0.25) is 0 Å². The van der Waals surface area contributed by atoms with Crippen LogP contribution in [0.15, 0.2) is 116 Å². The molecule has 0 saturated carbocycles. The summed E-state index contributed by atoms with van der Waals surface area (Å²) in [6, 6.07) is 32.5. The fraction of sp³-hybridized carbons (Fsp3) is 0.242. The molecule has 5 rings (SSSR count). The zero-order valence-corrected chi connectivity index (χ0v) is 21.7. The van der Waals surface area contributed by atoms with Gasteiger partial charge < -0.3 is 19.4 Å². The predicted molar refractivity (Wildman–Crippen MR) is 148 cm³/mol. The van der Waals surface area contributed by atoms with Crippen LogP contribution in [-0.4, -0.2) is 46.2 Å². The largest absolute Gasteiger partial charge is 0.375 e. The summed E-state index contributed by atoms with van der Waals surface area (Å²) in [5.74, 6) is 6.38. The van der Waals surface area contributed by atoms with Crippen LogP contribution in [0, 0.1) is 11.8 Å². The lowest BCUT2D eigenvalue weighted by Crippen LogP contribution is -2.40. The minimum atomic E-state index is -0.625. The maximum atomic E-state index is 11.4. The Morgan fingerprint density at radius 1 is 0.692 bits per heavy atom. The monoisotopic (exact) mass is 520 g/mol. The van der Waals surface area contributed by atoms with Crippen LogP contribution in [0.5, 0.6) is 0 Å². The van der Waals surface area contributed by atoms with Gasteiger partial charge in [0.2, 0.25) is 0 Å². The lowest BCUT2D eigenvalue weighted by molar-refractivity contribution is -0.155. The highest BCUT2D eigenvalue weighted by Crippen LogP contribution is 2.30. The fourth-order valence-electron chi connectivity index (χ4n) is 4.62. The minimum Gasteiger partial charge on any atom is -0.375 e. The molecule has 6 heteroatoms. The maximum Gasteiger partial charge on any atom is 0.125 e. The van der Waals surface area contributed by atoms with Gasteiger partial charge in [-0.05, 0) is 28.8 Å². The van der Waals surface area contributed by atoms with Crippen LogP contribution >= 0.6 is 0 Å². The number of hydroxylamine groups is 2.